The second-order valence-corrected chi connectivity index (χ2v) is 5.69. The van der Waals surface area contributed by atoms with E-state index in [1.54, 1.807) is 12.1 Å². The lowest BCUT2D eigenvalue weighted by Crippen LogP contribution is -2.36. The zero-order valence-electron chi connectivity index (χ0n) is 12.2. The minimum atomic E-state index is -0.288. The summed E-state index contributed by atoms with van der Waals surface area (Å²) in [4.78, 5) is 4.52. The molecule has 1 aromatic rings. The first-order chi connectivity index (χ1) is 9.47. The number of nitrogens with two attached hydrogens (primary N) is 1. The first-order valence-corrected chi connectivity index (χ1v) is 6.99. The van der Waals surface area contributed by atoms with Crippen molar-refractivity contribution in [1.29, 1.82) is 5.41 Å². The molecule has 0 saturated carbocycles. The summed E-state index contributed by atoms with van der Waals surface area (Å²) in [6.45, 7) is 2.68. The minimum Gasteiger partial charge on any atom is -0.384 e. The van der Waals surface area contributed by atoms with Crippen LogP contribution in [0.1, 0.15) is 24.0 Å². The van der Waals surface area contributed by atoms with Gasteiger partial charge in [-0.25, -0.2) is 4.39 Å². The van der Waals surface area contributed by atoms with Gasteiger partial charge in [0.25, 0.3) is 0 Å². The van der Waals surface area contributed by atoms with E-state index in [1.807, 2.05) is 7.05 Å². The maximum Gasteiger partial charge on any atom is 0.128 e. The van der Waals surface area contributed by atoms with Crippen LogP contribution in [0.5, 0.6) is 0 Å². The number of rotatable bonds is 5. The molecule has 1 aliphatic rings. The van der Waals surface area contributed by atoms with Crippen LogP contribution in [0.25, 0.3) is 0 Å². The Morgan fingerprint density at radius 3 is 2.85 bits per heavy atom. The predicted octanol–water partition coefficient (Wildman–Crippen LogP) is 1.64. The number of nitrogens with one attached hydrogen (secondary N) is 1. The normalized spacial score (nSPS) is 19.7. The summed E-state index contributed by atoms with van der Waals surface area (Å²) in [7, 11) is 4.16. The number of nitrogens with zero attached hydrogens (tertiary/aromatic N) is 2. The van der Waals surface area contributed by atoms with Gasteiger partial charge in [0.1, 0.15) is 11.7 Å². The lowest BCUT2D eigenvalue weighted by molar-refractivity contribution is 0.214. The summed E-state index contributed by atoms with van der Waals surface area (Å²) in [5.74, 6) is -0.388. The van der Waals surface area contributed by atoms with Crippen molar-refractivity contribution in [3.63, 3.8) is 0 Å². The first kappa shape index (κ1) is 14.9. The number of hydrogen-bond donors (Lipinski definition) is 2. The van der Waals surface area contributed by atoms with Gasteiger partial charge in [-0.15, -0.1) is 0 Å². The van der Waals surface area contributed by atoms with Crippen LogP contribution in [0.15, 0.2) is 18.2 Å². The van der Waals surface area contributed by atoms with Gasteiger partial charge in [0.2, 0.25) is 0 Å². The maximum atomic E-state index is 14.0. The van der Waals surface area contributed by atoms with Crippen molar-refractivity contribution >= 4 is 5.84 Å². The number of nitrogen functional groups attached to an aromatic ring is 1. The summed E-state index contributed by atoms with van der Waals surface area (Å²) in [5.41, 5.74) is 6.44. The van der Waals surface area contributed by atoms with Gasteiger partial charge in [0.05, 0.1) is 0 Å². The Kier molecular flexibility index (Phi) is 4.73. The van der Waals surface area contributed by atoms with Crippen LogP contribution >= 0.6 is 0 Å². The third-order valence-electron chi connectivity index (χ3n) is 4.00. The van der Waals surface area contributed by atoms with Gasteiger partial charge >= 0.3 is 0 Å². The molecule has 2 rings (SSSR count). The Morgan fingerprint density at radius 2 is 2.30 bits per heavy atom. The molecule has 1 saturated heterocycles. The third kappa shape index (κ3) is 3.55. The number of amidine groups is 1. The molecule has 0 aromatic heterocycles. The molecule has 1 atom stereocenters. The molecule has 0 spiro atoms. The summed E-state index contributed by atoms with van der Waals surface area (Å²) in [6, 6.07) is 5.34. The second kappa shape index (κ2) is 6.33. The average Bonchev–Trinajstić information content (AvgIpc) is 2.77. The van der Waals surface area contributed by atoms with Gasteiger partial charge in [-0.3, -0.25) is 5.41 Å². The molecule has 1 unspecified atom stereocenters. The van der Waals surface area contributed by atoms with E-state index in [1.165, 1.54) is 18.9 Å². The molecule has 0 amide bonds. The van der Waals surface area contributed by atoms with Crippen LogP contribution in [0, 0.1) is 11.2 Å². The van der Waals surface area contributed by atoms with E-state index in [0.29, 0.717) is 23.7 Å². The molecule has 0 aliphatic carbocycles. The fourth-order valence-corrected chi connectivity index (χ4v) is 2.77. The van der Waals surface area contributed by atoms with E-state index in [2.05, 4.69) is 16.8 Å². The van der Waals surface area contributed by atoms with Gasteiger partial charge in [-0.1, -0.05) is 12.1 Å². The molecule has 5 heteroatoms. The van der Waals surface area contributed by atoms with Crippen molar-refractivity contribution in [2.24, 2.45) is 5.73 Å². The fraction of sp³-hybridized carbons (Fsp3) is 0.533. The summed E-state index contributed by atoms with van der Waals surface area (Å²) in [6.07, 6.45) is 2.46. The highest BCUT2D eigenvalue weighted by Gasteiger charge is 2.22. The SMILES string of the molecule is CN(Cc1ccc(C(=N)N)cc1F)CC1CCCN1C. The summed E-state index contributed by atoms with van der Waals surface area (Å²) >= 11 is 0. The van der Waals surface area contributed by atoms with Crippen LogP contribution in [-0.2, 0) is 6.54 Å². The van der Waals surface area contributed by atoms with Gasteiger partial charge < -0.3 is 15.5 Å². The number of likely N-dealkylation sites (N-methyl/N-ethyl adjacent to an activating group) is 2. The predicted molar refractivity (Wildman–Crippen MR) is 79.4 cm³/mol. The van der Waals surface area contributed by atoms with Crippen molar-refractivity contribution in [3.05, 3.63) is 35.1 Å². The second-order valence-electron chi connectivity index (χ2n) is 5.69. The maximum absolute atomic E-state index is 14.0. The molecular formula is C15H23FN4. The molecular weight excluding hydrogens is 255 g/mol. The average molecular weight is 278 g/mol. The Morgan fingerprint density at radius 1 is 1.55 bits per heavy atom. The number of benzene rings is 1. The van der Waals surface area contributed by atoms with E-state index in [-0.39, 0.29) is 11.7 Å². The summed E-state index contributed by atoms with van der Waals surface area (Å²) < 4.78 is 14.0. The Labute approximate surface area is 119 Å². The van der Waals surface area contributed by atoms with Crippen molar-refractivity contribution in [2.75, 3.05) is 27.2 Å². The molecule has 1 aromatic carbocycles. The van der Waals surface area contributed by atoms with E-state index in [9.17, 15) is 4.39 Å². The Bertz CT molecular complexity index is 489. The van der Waals surface area contributed by atoms with Crippen molar-refractivity contribution in [2.45, 2.75) is 25.4 Å². The monoisotopic (exact) mass is 278 g/mol. The number of halogens is 1. The summed E-state index contributed by atoms with van der Waals surface area (Å²) in [5, 5.41) is 7.31. The Hall–Kier alpha value is -1.46. The van der Waals surface area contributed by atoms with E-state index >= 15 is 0 Å². The lowest BCUT2D eigenvalue weighted by Gasteiger charge is -2.26. The van der Waals surface area contributed by atoms with Crippen molar-refractivity contribution in [3.8, 4) is 0 Å². The quantitative estimate of drug-likeness (QED) is 0.636. The molecule has 3 N–H and O–H groups in total. The molecule has 0 radical (unpaired) electrons. The first-order valence-electron chi connectivity index (χ1n) is 6.99. The van der Waals surface area contributed by atoms with Crippen LogP contribution in [0.4, 0.5) is 4.39 Å². The largest absolute Gasteiger partial charge is 0.384 e. The topological polar surface area (TPSA) is 56.4 Å². The van der Waals surface area contributed by atoms with E-state index in [4.69, 9.17) is 11.1 Å². The highest BCUT2D eigenvalue weighted by molar-refractivity contribution is 5.94. The number of likely N-dealkylation sites (tertiary alicyclic amines) is 1. The molecule has 1 heterocycles. The molecule has 0 bridgehead atoms. The highest BCUT2D eigenvalue weighted by atomic mass is 19.1. The molecule has 110 valence electrons. The molecule has 1 fully saturated rings. The lowest BCUT2D eigenvalue weighted by atomic mass is 10.1. The fourth-order valence-electron chi connectivity index (χ4n) is 2.77. The smallest absolute Gasteiger partial charge is 0.128 e. The zero-order valence-corrected chi connectivity index (χ0v) is 12.2. The highest BCUT2D eigenvalue weighted by Crippen LogP contribution is 2.17. The van der Waals surface area contributed by atoms with Crippen molar-refractivity contribution < 1.29 is 4.39 Å². The molecule has 4 nitrogen and oxygen atoms in total. The van der Waals surface area contributed by atoms with Crippen LogP contribution in [0.2, 0.25) is 0 Å². The van der Waals surface area contributed by atoms with Gasteiger partial charge in [-0.05, 0) is 39.5 Å². The van der Waals surface area contributed by atoms with Crippen LogP contribution in [-0.4, -0.2) is 48.9 Å². The molecule has 20 heavy (non-hydrogen) atoms. The van der Waals surface area contributed by atoms with E-state index in [0.717, 1.165) is 13.1 Å². The number of hydrogen-bond acceptors (Lipinski definition) is 3. The Balaban J connectivity index is 1.97. The zero-order chi connectivity index (χ0) is 14.7. The van der Waals surface area contributed by atoms with Crippen LogP contribution < -0.4 is 5.73 Å². The van der Waals surface area contributed by atoms with Crippen LogP contribution in [0.3, 0.4) is 0 Å². The van der Waals surface area contributed by atoms with Gasteiger partial charge in [-0.2, -0.15) is 0 Å². The third-order valence-corrected chi connectivity index (χ3v) is 4.00. The van der Waals surface area contributed by atoms with E-state index < -0.39 is 0 Å². The van der Waals surface area contributed by atoms with Gasteiger partial charge in [0, 0.05) is 30.3 Å². The molecule has 1 aliphatic heterocycles. The standard InChI is InChI=1S/C15H23FN4/c1-19(10-13-4-3-7-20(13)2)9-12-6-5-11(15(17)18)8-14(12)16/h5-6,8,13H,3-4,7,9-10H2,1-2H3,(H3,17,18). The van der Waals surface area contributed by atoms with Crippen molar-refractivity contribution in [1.82, 2.24) is 9.80 Å². The minimum absolute atomic E-state index is 0.101. The van der Waals surface area contributed by atoms with Gasteiger partial charge in [0.15, 0.2) is 0 Å².